The van der Waals surface area contributed by atoms with E-state index in [9.17, 15) is 0 Å². The van der Waals surface area contributed by atoms with Crippen LogP contribution in [-0.2, 0) is 0 Å². The zero-order valence-electron chi connectivity index (χ0n) is 7.62. The number of rotatable bonds is 3. The first kappa shape index (κ1) is 9.13. The molecule has 1 rings (SSSR count). The lowest BCUT2D eigenvalue weighted by molar-refractivity contribution is 0.640. The molecular formula is C9H15N3. The van der Waals surface area contributed by atoms with Crippen LogP contribution in [0.15, 0.2) is 12.1 Å². The molecule has 0 fully saturated rings. The maximum atomic E-state index is 5.59. The van der Waals surface area contributed by atoms with Crippen LogP contribution >= 0.6 is 0 Å². The van der Waals surface area contributed by atoms with E-state index in [0.717, 1.165) is 17.8 Å². The number of nitrogens with two attached hydrogens (primary N) is 1. The van der Waals surface area contributed by atoms with Crippen molar-refractivity contribution < 1.29 is 0 Å². The Morgan fingerprint density at radius 3 is 2.58 bits per heavy atom. The number of aryl methyl sites for hydroxylation is 1. The predicted molar refractivity (Wildman–Crippen MR) is 48.9 cm³/mol. The van der Waals surface area contributed by atoms with Gasteiger partial charge in [0.25, 0.3) is 0 Å². The van der Waals surface area contributed by atoms with Gasteiger partial charge in [0.15, 0.2) is 0 Å². The molecule has 0 saturated heterocycles. The molecule has 1 aromatic rings. The lowest BCUT2D eigenvalue weighted by Crippen LogP contribution is -2.13. The van der Waals surface area contributed by atoms with Gasteiger partial charge in [0.1, 0.15) is 0 Å². The fraction of sp³-hybridized carbons (Fsp3) is 0.556. The van der Waals surface area contributed by atoms with E-state index in [0.29, 0.717) is 12.5 Å². The third-order valence-corrected chi connectivity index (χ3v) is 2.01. The lowest BCUT2D eigenvalue weighted by Gasteiger charge is -2.09. The van der Waals surface area contributed by atoms with Gasteiger partial charge in [-0.3, -0.25) is 0 Å². The molecule has 0 aliphatic carbocycles. The summed E-state index contributed by atoms with van der Waals surface area (Å²) in [5, 5.41) is 8.08. The van der Waals surface area contributed by atoms with Gasteiger partial charge in [0.05, 0.1) is 11.4 Å². The second kappa shape index (κ2) is 4.16. The van der Waals surface area contributed by atoms with Crippen LogP contribution in [0.1, 0.15) is 30.7 Å². The zero-order chi connectivity index (χ0) is 8.97. The molecule has 0 amide bonds. The Morgan fingerprint density at radius 2 is 2.17 bits per heavy atom. The Balaban J connectivity index is 2.80. The first-order chi connectivity index (χ1) is 5.77. The predicted octanol–water partition coefficient (Wildman–Crippen LogP) is 1.24. The van der Waals surface area contributed by atoms with E-state index < -0.39 is 0 Å². The summed E-state index contributed by atoms with van der Waals surface area (Å²) >= 11 is 0. The summed E-state index contributed by atoms with van der Waals surface area (Å²) in [6, 6.07) is 3.98. The Bertz CT molecular complexity index is 226. The highest BCUT2D eigenvalue weighted by Gasteiger charge is 2.07. The normalized spacial score (nSPS) is 12.9. The number of hydrogen-bond acceptors (Lipinski definition) is 3. The summed E-state index contributed by atoms with van der Waals surface area (Å²) in [6.07, 6.45) is 1.02. The minimum absolute atomic E-state index is 0.359. The van der Waals surface area contributed by atoms with Crippen LogP contribution in [0.5, 0.6) is 0 Å². The molecule has 0 saturated carbocycles. The van der Waals surface area contributed by atoms with Crippen LogP contribution in [0.4, 0.5) is 0 Å². The van der Waals surface area contributed by atoms with Gasteiger partial charge in [-0.1, -0.05) is 6.92 Å². The summed E-state index contributed by atoms with van der Waals surface area (Å²) in [6.45, 7) is 4.69. The molecule has 1 atom stereocenters. The van der Waals surface area contributed by atoms with Crippen LogP contribution in [-0.4, -0.2) is 16.7 Å². The van der Waals surface area contributed by atoms with Crippen molar-refractivity contribution in [3.63, 3.8) is 0 Å². The third kappa shape index (κ3) is 2.01. The van der Waals surface area contributed by atoms with Crippen LogP contribution in [0.2, 0.25) is 0 Å². The monoisotopic (exact) mass is 165 g/mol. The fourth-order valence-electron chi connectivity index (χ4n) is 1.12. The SMILES string of the molecule is CC[C@H](CN)c1ccc(C)nn1. The minimum atomic E-state index is 0.359. The molecule has 0 aromatic carbocycles. The molecule has 1 heterocycles. The second-order valence-electron chi connectivity index (χ2n) is 2.94. The molecular weight excluding hydrogens is 150 g/mol. The molecule has 0 unspecified atom stereocenters. The second-order valence-corrected chi connectivity index (χ2v) is 2.94. The number of hydrogen-bond donors (Lipinski definition) is 1. The summed E-state index contributed by atoms with van der Waals surface area (Å²) in [4.78, 5) is 0. The highest BCUT2D eigenvalue weighted by Crippen LogP contribution is 2.14. The van der Waals surface area contributed by atoms with Crippen LogP contribution in [0.25, 0.3) is 0 Å². The average Bonchev–Trinajstić information content (AvgIpc) is 2.10. The van der Waals surface area contributed by atoms with Crippen molar-refractivity contribution in [2.75, 3.05) is 6.54 Å². The fourth-order valence-corrected chi connectivity index (χ4v) is 1.12. The molecule has 3 heteroatoms. The van der Waals surface area contributed by atoms with Gasteiger partial charge in [0.2, 0.25) is 0 Å². The van der Waals surface area contributed by atoms with Gasteiger partial charge in [-0.2, -0.15) is 10.2 Å². The first-order valence-corrected chi connectivity index (χ1v) is 4.28. The molecule has 0 aliphatic rings. The quantitative estimate of drug-likeness (QED) is 0.733. The maximum absolute atomic E-state index is 5.59. The van der Waals surface area contributed by atoms with Crippen molar-refractivity contribution in [2.45, 2.75) is 26.2 Å². The van der Waals surface area contributed by atoms with Gasteiger partial charge in [-0.25, -0.2) is 0 Å². The van der Waals surface area contributed by atoms with Gasteiger partial charge >= 0.3 is 0 Å². The van der Waals surface area contributed by atoms with E-state index in [1.807, 2.05) is 19.1 Å². The molecule has 66 valence electrons. The smallest absolute Gasteiger partial charge is 0.0674 e. The summed E-state index contributed by atoms with van der Waals surface area (Å²) in [5.74, 6) is 0.359. The zero-order valence-corrected chi connectivity index (χ0v) is 7.62. The Morgan fingerprint density at radius 1 is 1.42 bits per heavy atom. The highest BCUT2D eigenvalue weighted by atomic mass is 15.1. The van der Waals surface area contributed by atoms with E-state index in [1.165, 1.54) is 0 Å². The summed E-state index contributed by atoms with van der Waals surface area (Å²) < 4.78 is 0. The van der Waals surface area contributed by atoms with Gasteiger partial charge in [-0.05, 0) is 25.5 Å². The molecule has 12 heavy (non-hydrogen) atoms. The van der Waals surface area contributed by atoms with E-state index in [1.54, 1.807) is 0 Å². The topological polar surface area (TPSA) is 51.8 Å². The summed E-state index contributed by atoms with van der Waals surface area (Å²) in [5.41, 5.74) is 7.54. The van der Waals surface area contributed by atoms with Gasteiger partial charge in [0, 0.05) is 12.5 Å². The van der Waals surface area contributed by atoms with Crippen molar-refractivity contribution >= 4 is 0 Å². The van der Waals surface area contributed by atoms with E-state index in [2.05, 4.69) is 17.1 Å². The van der Waals surface area contributed by atoms with E-state index >= 15 is 0 Å². The molecule has 0 radical (unpaired) electrons. The van der Waals surface area contributed by atoms with Crippen LogP contribution < -0.4 is 5.73 Å². The third-order valence-electron chi connectivity index (χ3n) is 2.01. The molecule has 1 aromatic heterocycles. The van der Waals surface area contributed by atoms with Crippen molar-refractivity contribution in [1.82, 2.24) is 10.2 Å². The van der Waals surface area contributed by atoms with Crippen molar-refractivity contribution in [3.05, 3.63) is 23.5 Å². The largest absolute Gasteiger partial charge is 0.330 e. The van der Waals surface area contributed by atoms with E-state index in [4.69, 9.17) is 5.73 Å². The van der Waals surface area contributed by atoms with Gasteiger partial charge in [-0.15, -0.1) is 0 Å². The van der Waals surface area contributed by atoms with Crippen molar-refractivity contribution in [2.24, 2.45) is 5.73 Å². The maximum Gasteiger partial charge on any atom is 0.0674 e. The van der Waals surface area contributed by atoms with Crippen molar-refractivity contribution in [3.8, 4) is 0 Å². The Labute approximate surface area is 73.0 Å². The average molecular weight is 165 g/mol. The summed E-state index contributed by atoms with van der Waals surface area (Å²) in [7, 11) is 0. The minimum Gasteiger partial charge on any atom is -0.330 e. The molecule has 0 bridgehead atoms. The van der Waals surface area contributed by atoms with Crippen LogP contribution in [0.3, 0.4) is 0 Å². The number of nitrogens with zero attached hydrogens (tertiary/aromatic N) is 2. The molecule has 2 N–H and O–H groups in total. The molecule has 0 aliphatic heterocycles. The molecule has 0 spiro atoms. The lowest BCUT2D eigenvalue weighted by atomic mass is 10.0. The number of aromatic nitrogens is 2. The first-order valence-electron chi connectivity index (χ1n) is 4.28. The van der Waals surface area contributed by atoms with Gasteiger partial charge < -0.3 is 5.73 Å². The molecule has 3 nitrogen and oxygen atoms in total. The Hall–Kier alpha value is -0.960. The van der Waals surface area contributed by atoms with Crippen molar-refractivity contribution in [1.29, 1.82) is 0 Å². The highest BCUT2D eigenvalue weighted by molar-refractivity contribution is 5.10. The van der Waals surface area contributed by atoms with Crippen LogP contribution in [0, 0.1) is 6.92 Å². The van der Waals surface area contributed by atoms with E-state index in [-0.39, 0.29) is 0 Å². The standard InChI is InChI=1S/C9H15N3/c1-3-8(6-10)9-5-4-7(2)11-12-9/h4-5,8H,3,6,10H2,1-2H3/t8-/m1/s1. The Kier molecular flexibility index (Phi) is 3.17.